The number of aromatic nitrogens is 4. The smallest absolute Gasteiger partial charge is 0.115 e. The zero-order valence-electron chi connectivity index (χ0n) is 15.9. The number of likely N-dealkylation sites (tertiary alicyclic amines) is 1. The number of rotatable bonds is 4. The first kappa shape index (κ1) is 19.3. The summed E-state index contributed by atoms with van der Waals surface area (Å²) in [5.74, 6) is 0.695. The highest BCUT2D eigenvalue weighted by molar-refractivity contribution is 5.47. The Morgan fingerprint density at radius 2 is 1.56 bits per heavy atom. The molecule has 2 aromatic heterocycles. The predicted molar refractivity (Wildman–Crippen MR) is 109 cm³/mol. The summed E-state index contributed by atoms with van der Waals surface area (Å²) in [6, 6.07) is 0.542. The van der Waals surface area contributed by atoms with Crippen LogP contribution < -0.4 is 5.32 Å². The van der Waals surface area contributed by atoms with Gasteiger partial charge in [-0.15, -0.1) is 0 Å². The Morgan fingerprint density at radius 1 is 0.926 bits per heavy atom. The predicted octanol–water partition coefficient (Wildman–Crippen LogP) is 2.68. The van der Waals surface area contributed by atoms with Gasteiger partial charge in [-0.25, -0.2) is 19.9 Å². The van der Waals surface area contributed by atoms with Gasteiger partial charge in [0.1, 0.15) is 12.7 Å². The van der Waals surface area contributed by atoms with E-state index in [-0.39, 0.29) is 0 Å². The van der Waals surface area contributed by atoms with E-state index in [1.54, 1.807) is 12.7 Å². The van der Waals surface area contributed by atoms with Crippen LogP contribution in [-0.2, 0) is 0 Å². The molecule has 0 saturated carbocycles. The van der Waals surface area contributed by atoms with E-state index >= 15 is 0 Å². The van der Waals surface area contributed by atoms with Gasteiger partial charge in [0.2, 0.25) is 0 Å². The summed E-state index contributed by atoms with van der Waals surface area (Å²) < 4.78 is 0. The van der Waals surface area contributed by atoms with Crippen LogP contribution in [0.25, 0.3) is 12.2 Å². The van der Waals surface area contributed by atoms with E-state index in [4.69, 9.17) is 0 Å². The molecule has 2 aromatic rings. The van der Waals surface area contributed by atoms with Crippen molar-refractivity contribution in [1.82, 2.24) is 30.2 Å². The van der Waals surface area contributed by atoms with Crippen molar-refractivity contribution in [2.75, 3.05) is 26.7 Å². The van der Waals surface area contributed by atoms with Crippen molar-refractivity contribution in [3.05, 3.63) is 60.7 Å². The molecule has 2 fully saturated rings. The van der Waals surface area contributed by atoms with Crippen LogP contribution in [0.15, 0.2) is 49.6 Å². The Labute approximate surface area is 161 Å². The summed E-state index contributed by atoms with van der Waals surface area (Å²) in [4.78, 5) is 18.2. The first-order valence-corrected chi connectivity index (χ1v) is 9.58. The van der Waals surface area contributed by atoms with Crippen LogP contribution in [0.2, 0.25) is 0 Å². The number of hydrogen-bond acceptors (Lipinski definition) is 6. The molecule has 2 saturated heterocycles. The third kappa shape index (κ3) is 7.00. The fourth-order valence-corrected chi connectivity index (χ4v) is 3.27. The van der Waals surface area contributed by atoms with Crippen molar-refractivity contribution in [2.24, 2.45) is 5.92 Å². The van der Waals surface area contributed by atoms with E-state index in [2.05, 4.69) is 61.5 Å². The molecule has 27 heavy (non-hydrogen) atoms. The minimum absolute atomic E-state index is 0.542. The van der Waals surface area contributed by atoms with Crippen molar-refractivity contribution >= 4 is 12.2 Å². The van der Waals surface area contributed by atoms with E-state index in [0.717, 1.165) is 17.7 Å². The van der Waals surface area contributed by atoms with Gasteiger partial charge < -0.3 is 10.2 Å². The second kappa shape index (κ2) is 10.6. The van der Waals surface area contributed by atoms with Gasteiger partial charge in [0.25, 0.3) is 0 Å². The average Bonchev–Trinajstić information content (AvgIpc) is 3.39. The number of nitrogens with zero attached hydrogens (tertiary/aromatic N) is 5. The second-order valence-electron chi connectivity index (χ2n) is 7.08. The molecular formula is C21H28N6. The van der Waals surface area contributed by atoms with Crippen LogP contribution in [-0.4, -0.2) is 57.6 Å². The fourth-order valence-electron chi connectivity index (χ4n) is 3.27. The molecule has 6 nitrogen and oxygen atoms in total. The van der Waals surface area contributed by atoms with Crippen molar-refractivity contribution in [2.45, 2.75) is 25.3 Å². The standard InChI is InChI=1S/C11H15N3.C10H13N3/c1-14-5-4-10(8-14)2-3-11-6-12-9-13-7-11;1-2-10(13-5-1)4-3-9-6-11-8-12-7-9/h2-3,6-7,9-10H,4-5,8H2,1H3;3-4,6-8,10,13H,1-2,5H2/b3-2+;4-3+. The van der Waals surface area contributed by atoms with E-state index in [1.807, 2.05) is 24.8 Å². The Kier molecular flexibility index (Phi) is 7.62. The minimum Gasteiger partial charge on any atom is -0.311 e. The molecular weight excluding hydrogens is 336 g/mol. The molecule has 0 spiro atoms. The van der Waals surface area contributed by atoms with Crippen molar-refractivity contribution in [3.63, 3.8) is 0 Å². The zero-order valence-corrected chi connectivity index (χ0v) is 15.9. The first-order valence-electron chi connectivity index (χ1n) is 9.58. The van der Waals surface area contributed by atoms with E-state index in [0.29, 0.717) is 12.0 Å². The lowest BCUT2D eigenvalue weighted by Crippen LogP contribution is -2.17. The molecule has 0 amide bonds. The lowest BCUT2D eigenvalue weighted by Gasteiger charge is -2.05. The monoisotopic (exact) mass is 364 g/mol. The van der Waals surface area contributed by atoms with E-state index < -0.39 is 0 Å². The summed E-state index contributed by atoms with van der Waals surface area (Å²) in [7, 11) is 2.17. The molecule has 2 aliphatic rings. The van der Waals surface area contributed by atoms with Gasteiger partial charge in [0, 0.05) is 48.5 Å². The molecule has 4 rings (SSSR count). The van der Waals surface area contributed by atoms with Crippen LogP contribution in [0.4, 0.5) is 0 Å². The zero-order chi connectivity index (χ0) is 18.7. The summed E-state index contributed by atoms with van der Waals surface area (Å²) in [5.41, 5.74) is 2.15. The van der Waals surface area contributed by atoms with Crippen LogP contribution >= 0.6 is 0 Å². The Balaban J connectivity index is 0.000000156. The highest BCUT2D eigenvalue weighted by Crippen LogP contribution is 2.16. The van der Waals surface area contributed by atoms with E-state index in [1.165, 1.54) is 32.4 Å². The third-order valence-corrected chi connectivity index (χ3v) is 4.77. The molecule has 4 heterocycles. The van der Waals surface area contributed by atoms with Crippen molar-refractivity contribution < 1.29 is 0 Å². The summed E-state index contributed by atoms with van der Waals surface area (Å²) in [6.45, 7) is 3.52. The molecule has 2 atom stereocenters. The second-order valence-corrected chi connectivity index (χ2v) is 7.08. The number of nitrogens with one attached hydrogen (secondary N) is 1. The Hall–Kier alpha value is -2.44. The first-order chi connectivity index (χ1) is 13.3. The highest BCUT2D eigenvalue weighted by Gasteiger charge is 2.16. The fraction of sp³-hybridized carbons (Fsp3) is 0.429. The molecule has 6 heteroatoms. The van der Waals surface area contributed by atoms with Gasteiger partial charge in [0.15, 0.2) is 0 Å². The topological polar surface area (TPSA) is 66.8 Å². The van der Waals surface area contributed by atoms with Gasteiger partial charge in [-0.05, 0) is 45.3 Å². The molecule has 0 aliphatic carbocycles. The van der Waals surface area contributed by atoms with Gasteiger partial charge >= 0.3 is 0 Å². The highest BCUT2D eigenvalue weighted by atomic mass is 15.1. The summed E-state index contributed by atoms with van der Waals surface area (Å²) in [5, 5.41) is 3.40. The molecule has 0 bridgehead atoms. The SMILES string of the molecule is C(=C\C1CCCN1)/c1cncnc1.CN1CCC(/C=C/c2cncnc2)C1. The molecule has 2 unspecified atom stereocenters. The van der Waals surface area contributed by atoms with Crippen LogP contribution in [0, 0.1) is 5.92 Å². The Morgan fingerprint density at radius 3 is 2.07 bits per heavy atom. The maximum absolute atomic E-state index is 3.97. The quantitative estimate of drug-likeness (QED) is 0.900. The summed E-state index contributed by atoms with van der Waals surface area (Å²) in [6.07, 6.45) is 22.8. The van der Waals surface area contributed by atoms with Crippen LogP contribution in [0.1, 0.15) is 30.4 Å². The molecule has 1 N–H and O–H groups in total. The van der Waals surface area contributed by atoms with Crippen molar-refractivity contribution in [1.29, 1.82) is 0 Å². The van der Waals surface area contributed by atoms with Crippen molar-refractivity contribution in [3.8, 4) is 0 Å². The third-order valence-electron chi connectivity index (χ3n) is 4.77. The van der Waals surface area contributed by atoms with Gasteiger partial charge in [-0.1, -0.05) is 24.3 Å². The summed E-state index contributed by atoms with van der Waals surface area (Å²) >= 11 is 0. The molecule has 2 aliphatic heterocycles. The largest absolute Gasteiger partial charge is 0.311 e. The van der Waals surface area contributed by atoms with Crippen LogP contribution in [0.3, 0.4) is 0 Å². The molecule has 0 aromatic carbocycles. The molecule has 142 valence electrons. The maximum atomic E-state index is 3.97. The average molecular weight is 364 g/mol. The Bertz CT molecular complexity index is 710. The lowest BCUT2D eigenvalue weighted by molar-refractivity contribution is 0.408. The van der Waals surface area contributed by atoms with E-state index in [9.17, 15) is 0 Å². The van der Waals surface area contributed by atoms with Gasteiger partial charge in [-0.2, -0.15) is 0 Å². The maximum Gasteiger partial charge on any atom is 0.115 e. The number of hydrogen-bond donors (Lipinski definition) is 1. The van der Waals surface area contributed by atoms with Crippen LogP contribution in [0.5, 0.6) is 0 Å². The van der Waals surface area contributed by atoms with Gasteiger partial charge in [-0.3, -0.25) is 0 Å². The lowest BCUT2D eigenvalue weighted by atomic mass is 10.1. The molecule has 0 radical (unpaired) electrons. The van der Waals surface area contributed by atoms with Gasteiger partial charge in [0.05, 0.1) is 0 Å². The normalized spacial score (nSPS) is 23.0. The minimum atomic E-state index is 0.542.